The fraction of sp³-hybridized carbons (Fsp3) is 0.810. The van der Waals surface area contributed by atoms with Crippen LogP contribution in [0.2, 0.25) is 0 Å². The van der Waals surface area contributed by atoms with Gasteiger partial charge in [-0.1, -0.05) is 50.7 Å². The quantitative estimate of drug-likeness (QED) is 0.519. The minimum Gasteiger partial charge on any atom is -0.0769 e. The van der Waals surface area contributed by atoms with Gasteiger partial charge in [0.1, 0.15) is 0 Å². The molecule has 4 saturated carbocycles. The summed E-state index contributed by atoms with van der Waals surface area (Å²) in [5, 5.41) is 0. The maximum absolute atomic E-state index is 2.64. The number of hydrogen-bond acceptors (Lipinski definition) is 0. The molecule has 21 heavy (non-hydrogen) atoms. The zero-order valence-electron chi connectivity index (χ0n) is 13.4. The molecule has 0 heteroatoms. The van der Waals surface area contributed by atoms with Crippen molar-refractivity contribution in [3.63, 3.8) is 0 Å². The second kappa shape index (κ2) is 5.00. The van der Waals surface area contributed by atoms with Gasteiger partial charge in [-0.25, -0.2) is 0 Å². The van der Waals surface area contributed by atoms with Gasteiger partial charge in [-0.05, 0) is 78.8 Å². The van der Waals surface area contributed by atoms with E-state index in [-0.39, 0.29) is 0 Å². The Balaban J connectivity index is 1.62. The normalized spacial score (nSPS) is 48.4. The van der Waals surface area contributed by atoms with E-state index in [4.69, 9.17) is 0 Å². The second-order valence-electron chi connectivity index (χ2n) is 8.58. The molecule has 0 heterocycles. The standard InChI is InChI=1S/C21H30/c1-2-9-17-15(8-1)16-10-5-11-18(16)20-13-4-7-14-6-3-12-19(17)21(14)20/h10-11,14-15,17,19-21H,1-9,12-13H2. The third-order valence-electron chi connectivity index (χ3n) is 7.88. The van der Waals surface area contributed by atoms with Crippen molar-refractivity contribution in [2.45, 2.75) is 70.6 Å². The van der Waals surface area contributed by atoms with Crippen LogP contribution in [0.5, 0.6) is 0 Å². The van der Waals surface area contributed by atoms with Crippen molar-refractivity contribution in [2.24, 2.45) is 35.5 Å². The Morgan fingerprint density at radius 2 is 1.29 bits per heavy atom. The van der Waals surface area contributed by atoms with Crippen LogP contribution in [-0.4, -0.2) is 0 Å². The molecule has 114 valence electrons. The van der Waals surface area contributed by atoms with Crippen LogP contribution in [0.25, 0.3) is 0 Å². The van der Waals surface area contributed by atoms with Crippen LogP contribution >= 0.6 is 0 Å². The summed E-state index contributed by atoms with van der Waals surface area (Å²) in [4.78, 5) is 0. The van der Waals surface area contributed by atoms with E-state index >= 15 is 0 Å². The summed E-state index contributed by atoms with van der Waals surface area (Å²) in [5.74, 6) is 6.24. The van der Waals surface area contributed by atoms with Crippen LogP contribution in [0.15, 0.2) is 23.3 Å². The molecule has 5 aliphatic carbocycles. The molecule has 4 fully saturated rings. The van der Waals surface area contributed by atoms with E-state index in [0.29, 0.717) is 0 Å². The summed E-state index contributed by atoms with van der Waals surface area (Å²) in [6, 6.07) is 0. The first-order valence-electron chi connectivity index (χ1n) is 9.84. The minimum atomic E-state index is 0.960. The molecule has 0 aromatic carbocycles. The molecule has 0 radical (unpaired) electrons. The van der Waals surface area contributed by atoms with E-state index in [1.807, 2.05) is 11.1 Å². The van der Waals surface area contributed by atoms with E-state index in [0.717, 1.165) is 35.5 Å². The highest BCUT2D eigenvalue weighted by Gasteiger charge is 2.50. The predicted octanol–water partition coefficient (Wildman–Crippen LogP) is 5.90. The largest absolute Gasteiger partial charge is 0.0769 e. The summed E-state index contributed by atoms with van der Waals surface area (Å²) < 4.78 is 0. The Labute approximate surface area is 130 Å². The Morgan fingerprint density at radius 3 is 2.19 bits per heavy atom. The van der Waals surface area contributed by atoms with Crippen molar-refractivity contribution in [1.29, 1.82) is 0 Å². The third-order valence-corrected chi connectivity index (χ3v) is 7.88. The molecular formula is C21H30. The summed E-state index contributed by atoms with van der Waals surface area (Å²) in [6.45, 7) is 0. The first-order valence-corrected chi connectivity index (χ1v) is 9.84. The Bertz CT molecular complexity index is 480. The van der Waals surface area contributed by atoms with Gasteiger partial charge in [0.25, 0.3) is 0 Å². The number of rotatable bonds is 0. The van der Waals surface area contributed by atoms with Crippen molar-refractivity contribution < 1.29 is 0 Å². The monoisotopic (exact) mass is 282 g/mol. The maximum Gasteiger partial charge on any atom is -0.0129 e. The molecule has 5 aliphatic rings. The molecule has 0 saturated heterocycles. The van der Waals surface area contributed by atoms with E-state index in [9.17, 15) is 0 Å². The summed E-state index contributed by atoms with van der Waals surface area (Å²) in [6.07, 6.45) is 21.9. The molecule has 6 unspecified atom stereocenters. The van der Waals surface area contributed by atoms with Gasteiger partial charge >= 0.3 is 0 Å². The van der Waals surface area contributed by atoms with Gasteiger partial charge in [0.15, 0.2) is 0 Å². The van der Waals surface area contributed by atoms with Crippen LogP contribution in [0, 0.1) is 35.5 Å². The summed E-state index contributed by atoms with van der Waals surface area (Å²) in [7, 11) is 0. The molecule has 0 N–H and O–H groups in total. The highest BCUT2D eigenvalue weighted by atomic mass is 14.6. The highest BCUT2D eigenvalue weighted by molar-refractivity contribution is 5.43. The molecule has 0 amide bonds. The fourth-order valence-electron chi connectivity index (χ4n) is 7.31. The lowest BCUT2D eigenvalue weighted by Crippen LogP contribution is -2.40. The van der Waals surface area contributed by atoms with Crippen LogP contribution in [0.1, 0.15) is 70.6 Å². The zero-order valence-corrected chi connectivity index (χ0v) is 13.4. The zero-order chi connectivity index (χ0) is 13.8. The van der Waals surface area contributed by atoms with E-state index in [1.54, 1.807) is 32.1 Å². The van der Waals surface area contributed by atoms with Gasteiger partial charge in [0, 0.05) is 0 Å². The Hall–Kier alpha value is -0.520. The molecule has 5 rings (SSSR count). The lowest BCUT2D eigenvalue weighted by Gasteiger charge is -2.48. The molecule has 0 aromatic rings. The van der Waals surface area contributed by atoms with Gasteiger partial charge in [0.05, 0.1) is 0 Å². The molecule has 0 spiro atoms. The van der Waals surface area contributed by atoms with Crippen LogP contribution in [-0.2, 0) is 0 Å². The predicted molar refractivity (Wildman–Crippen MR) is 87.9 cm³/mol. The van der Waals surface area contributed by atoms with Crippen molar-refractivity contribution in [2.75, 3.05) is 0 Å². The van der Waals surface area contributed by atoms with Gasteiger partial charge in [-0.3, -0.25) is 0 Å². The second-order valence-corrected chi connectivity index (χ2v) is 8.58. The highest BCUT2D eigenvalue weighted by Crippen LogP contribution is 2.60. The SMILES string of the molecule is C1=C2C(=CC1)C1CCCC3CCCC(C4CCCCC24)C31. The first-order chi connectivity index (χ1) is 10.4. The van der Waals surface area contributed by atoms with Gasteiger partial charge < -0.3 is 0 Å². The van der Waals surface area contributed by atoms with Crippen LogP contribution < -0.4 is 0 Å². The van der Waals surface area contributed by atoms with E-state index in [1.165, 1.54) is 38.5 Å². The van der Waals surface area contributed by atoms with Crippen molar-refractivity contribution >= 4 is 0 Å². The Morgan fingerprint density at radius 1 is 0.619 bits per heavy atom. The number of allylic oxidation sites excluding steroid dienone is 4. The summed E-state index contributed by atoms with van der Waals surface area (Å²) in [5.41, 5.74) is 3.73. The molecule has 6 atom stereocenters. The van der Waals surface area contributed by atoms with Gasteiger partial charge in [0.2, 0.25) is 0 Å². The number of fused-ring (bicyclic) bond motifs is 5. The van der Waals surface area contributed by atoms with Gasteiger partial charge in [-0.15, -0.1) is 0 Å². The average molecular weight is 282 g/mol. The van der Waals surface area contributed by atoms with E-state index < -0.39 is 0 Å². The molecular weight excluding hydrogens is 252 g/mol. The molecule has 0 aliphatic heterocycles. The van der Waals surface area contributed by atoms with Crippen molar-refractivity contribution in [3.05, 3.63) is 23.3 Å². The van der Waals surface area contributed by atoms with Crippen molar-refractivity contribution in [3.8, 4) is 0 Å². The maximum atomic E-state index is 2.64. The lowest BCUT2D eigenvalue weighted by molar-refractivity contribution is 0.0184. The third kappa shape index (κ3) is 1.87. The minimum absolute atomic E-state index is 0.960. The molecule has 0 aromatic heterocycles. The topological polar surface area (TPSA) is 0 Å². The van der Waals surface area contributed by atoms with E-state index in [2.05, 4.69) is 12.2 Å². The Kier molecular flexibility index (Phi) is 3.09. The van der Waals surface area contributed by atoms with Crippen molar-refractivity contribution in [1.82, 2.24) is 0 Å². The van der Waals surface area contributed by atoms with Crippen LogP contribution in [0.4, 0.5) is 0 Å². The fourth-order valence-corrected chi connectivity index (χ4v) is 7.31. The first kappa shape index (κ1) is 13.0. The molecule has 0 bridgehead atoms. The number of hydrogen-bond donors (Lipinski definition) is 0. The lowest BCUT2D eigenvalue weighted by atomic mass is 9.56. The summed E-state index contributed by atoms with van der Waals surface area (Å²) >= 11 is 0. The average Bonchev–Trinajstić information content (AvgIpc) is 2.99. The van der Waals surface area contributed by atoms with Gasteiger partial charge in [-0.2, -0.15) is 0 Å². The van der Waals surface area contributed by atoms with Crippen LogP contribution in [0.3, 0.4) is 0 Å². The molecule has 0 nitrogen and oxygen atoms in total. The smallest absolute Gasteiger partial charge is 0.0129 e.